The van der Waals surface area contributed by atoms with Crippen molar-refractivity contribution in [2.75, 3.05) is 10.6 Å². The molecule has 1 aromatic carbocycles. The van der Waals surface area contributed by atoms with Gasteiger partial charge in [0.2, 0.25) is 0 Å². The number of nitrogens with two attached hydrogens (primary N) is 1. The zero-order valence-corrected chi connectivity index (χ0v) is 11.7. The minimum absolute atomic E-state index is 0.342. The average molecular weight is 256 g/mol. The largest absolute Gasteiger partial charge is 0.398 e. The van der Waals surface area contributed by atoms with Gasteiger partial charge in [0.05, 0.1) is 0 Å². The highest BCUT2D eigenvalue weighted by molar-refractivity contribution is 5.49. The summed E-state index contributed by atoms with van der Waals surface area (Å²) in [4.78, 5) is 10.9. The third-order valence-electron chi connectivity index (χ3n) is 3.07. The molecule has 2 rings (SSSR count). The molecular weight excluding hydrogens is 236 g/mol. The van der Waals surface area contributed by atoms with Crippen molar-refractivity contribution in [3.63, 3.8) is 0 Å². The van der Waals surface area contributed by atoms with Crippen LogP contribution in [0.2, 0.25) is 0 Å². The molecular formula is C15H20N4. The van der Waals surface area contributed by atoms with Crippen molar-refractivity contribution in [3.05, 3.63) is 47.9 Å². The van der Waals surface area contributed by atoms with Crippen molar-refractivity contribution in [2.45, 2.75) is 33.4 Å². The van der Waals surface area contributed by atoms with E-state index >= 15 is 0 Å². The molecule has 2 N–H and O–H groups in total. The standard InChI is InChI=1S/C15H20N4/c1-11(2)19(15-8-9-17-12(3)18-15)10-13-6-4-5-7-14(13)16/h4-9,11H,10,16H2,1-3H3. The highest BCUT2D eigenvalue weighted by Crippen LogP contribution is 2.20. The fourth-order valence-corrected chi connectivity index (χ4v) is 1.99. The quantitative estimate of drug-likeness (QED) is 0.855. The normalized spacial score (nSPS) is 10.7. The smallest absolute Gasteiger partial charge is 0.132 e. The number of anilines is 2. The van der Waals surface area contributed by atoms with Crippen molar-refractivity contribution in [3.8, 4) is 0 Å². The van der Waals surface area contributed by atoms with E-state index in [2.05, 4.69) is 34.8 Å². The molecule has 4 nitrogen and oxygen atoms in total. The molecule has 0 saturated heterocycles. The monoisotopic (exact) mass is 256 g/mol. The maximum Gasteiger partial charge on any atom is 0.132 e. The fourth-order valence-electron chi connectivity index (χ4n) is 1.99. The summed E-state index contributed by atoms with van der Waals surface area (Å²) in [5.41, 5.74) is 7.95. The summed E-state index contributed by atoms with van der Waals surface area (Å²) in [6, 6.07) is 10.2. The third kappa shape index (κ3) is 3.22. The zero-order valence-electron chi connectivity index (χ0n) is 11.7. The summed E-state index contributed by atoms with van der Waals surface area (Å²) >= 11 is 0. The molecule has 0 spiro atoms. The minimum Gasteiger partial charge on any atom is -0.398 e. The summed E-state index contributed by atoms with van der Waals surface area (Å²) in [5, 5.41) is 0. The highest BCUT2D eigenvalue weighted by Gasteiger charge is 2.14. The van der Waals surface area contributed by atoms with Crippen molar-refractivity contribution >= 4 is 11.5 Å². The predicted molar refractivity (Wildman–Crippen MR) is 78.9 cm³/mol. The van der Waals surface area contributed by atoms with Gasteiger partial charge in [-0.25, -0.2) is 9.97 Å². The number of aromatic nitrogens is 2. The Morgan fingerprint density at radius 2 is 1.95 bits per heavy atom. The van der Waals surface area contributed by atoms with Gasteiger partial charge in [-0.2, -0.15) is 0 Å². The number of aryl methyl sites for hydroxylation is 1. The third-order valence-corrected chi connectivity index (χ3v) is 3.07. The summed E-state index contributed by atoms with van der Waals surface area (Å²) in [7, 11) is 0. The lowest BCUT2D eigenvalue weighted by atomic mass is 10.1. The summed E-state index contributed by atoms with van der Waals surface area (Å²) in [5.74, 6) is 1.72. The van der Waals surface area contributed by atoms with Gasteiger partial charge in [-0.1, -0.05) is 18.2 Å². The number of para-hydroxylation sites is 1. The second-order valence-corrected chi connectivity index (χ2v) is 4.88. The number of benzene rings is 1. The van der Waals surface area contributed by atoms with Gasteiger partial charge in [0, 0.05) is 24.5 Å². The molecule has 19 heavy (non-hydrogen) atoms. The molecule has 0 saturated carbocycles. The maximum atomic E-state index is 6.02. The van der Waals surface area contributed by atoms with Crippen LogP contribution in [0.1, 0.15) is 25.2 Å². The van der Waals surface area contributed by atoms with Crippen molar-refractivity contribution in [1.82, 2.24) is 9.97 Å². The Bertz CT molecular complexity index is 551. The zero-order chi connectivity index (χ0) is 13.8. The van der Waals surface area contributed by atoms with E-state index in [-0.39, 0.29) is 0 Å². The van der Waals surface area contributed by atoms with Crippen LogP contribution in [0.3, 0.4) is 0 Å². The van der Waals surface area contributed by atoms with E-state index in [0.717, 1.165) is 29.4 Å². The summed E-state index contributed by atoms with van der Waals surface area (Å²) < 4.78 is 0. The number of nitrogens with zero attached hydrogens (tertiary/aromatic N) is 3. The van der Waals surface area contributed by atoms with Crippen molar-refractivity contribution < 1.29 is 0 Å². The Morgan fingerprint density at radius 3 is 2.58 bits per heavy atom. The van der Waals surface area contributed by atoms with E-state index in [9.17, 15) is 0 Å². The lowest BCUT2D eigenvalue weighted by molar-refractivity contribution is 0.670. The van der Waals surface area contributed by atoms with E-state index in [1.54, 1.807) is 6.20 Å². The molecule has 0 aliphatic carbocycles. The maximum absolute atomic E-state index is 6.02. The minimum atomic E-state index is 0.342. The first-order valence-corrected chi connectivity index (χ1v) is 6.47. The molecule has 0 bridgehead atoms. The van der Waals surface area contributed by atoms with Gasteiger partial charge < -0.3 is 10.6 Å². The van der Waals surface area contributed by atoms with E-state index in [0.29, 0.717) is 6.04 Å². The van der Waals surface area contributed by atoms with Gasteiger partial charge in [0.25, 0.3) is 0 Å². The van der Waals surface area contributed by atoms with Gasteiger partial charge in [0.15, 0.2) is 0 Å². The van der Waals surface area contributed by atoms with E-state index < -0.39 is 0 Å². The Hall–Kier alpha value is -2.10. The lowest BCUT2D eigenvalue weighted by Crippen LogP contribution is -2.31. The van der Waals surface area contributed by atoms with Crippen LogP contribution in [0.4, 0.5) is 11.5 Å². The number of rotatable bonds is 4. The molecule has 0 unspecified atom stereocenters. The van der Waals surface area contributed by atoms with Crippen molar-refractivity contribution in [2.24, 2.45) is 0 Å². The summed E-state index contributed by atoms with van der Waals surface area (Å²) in [6.07, 6.45) is 1.79. The molecule has 4 heteroatoms. The second-order valence-electron chi connectivity index (χ2n) is 4.88. The molecule has 0 amide bonds. The molecule has 0 radical (unpaired) electrons. The van der Waals surface area contributed by atoms with Crippen LogP contribution in [0.15, 0.2) is 36.5 Å². The Kier molecular flexibility index (Phi) is 4.00. The van der Waals surface area contributed by atoms with Crippen LogP contribution in [0.5, 0.6) is 0 Å². The molecule has 1 heterocycles. The molecule has 2 aromatic rings. The van der Waals surface area contributed by atoms with Crippen LogP contribution in [-0.2, 0) is 6.54 Å². The highest BCUT2D eigenvalue weighted by atomic mass is 15.2. The first kappa shape index (κ1) is 13.3. The van der Waals surface area contributed by atoms with Gasteiger partial charge >= 0.3 is 0 Å². The number of nitrogen functional groups attached to an aromatic ring is 1. The Labute approximate surface area is 114 Å². The van der Waals surface area contributed by atoms with Gasteiger partial charge in [-0.15, -0.1) is 0 Å². The van der Waals surface area contributed by atoms with Gasteiger partial charge in [-0.3, -0.25) is 0 Å². The molecule has 0 aliphatic heterocycles. The fraction of sp³-hybridized carbons (Fsp3) is 0.333. The number of hydrogen-bond donors (Lipinski definition) is 1. The van der Waals surface area contributed by atoms with Crippen LogP contribution in [0.25, 0.3) is 0 Å². The van der Waals surface area contributed by atoms with Crippen molar-refractivity contribution in [1.29, 1.82) is 0 Å². The second kappa shape index (κ2) is 5.69. The lowest BCUT2D eigenvalue weighted by Gasteiger charge is -2.28. The predicted octanol–water partition coefficient (Wildman–Crippen LogP) is 2.78. The number of hydrogen-bond acceptors (Lipinski definition) is 4. The van der Waals surface area contributed by atoms with Gasteiger partial charge in [-0.05, 0) is 38.5 Å². The molecule has 100 valence electrons. The average Bonchev–Trinajstić information content (AvgIpc) is 2.37. The van der Waals surface area contributed by atoms with E-state index in [1.807, 2.05) is 31.2 Å². The first-order chi connectivity index (χ1) is 9.08. The van der Waals surface area contributed by atoms with Crippen LogP contribution >= 0.6 is 0 Å². The first-order valence-electron chi connectivity index (χ1n) is 6.47. The van der Waals surface area contributed by atoms with E-state index in [4.69, 9.17) is 5.73 Å². The van der Waals surface area contributed by atoms with Gasteiger partial charge in [0.1, 0.15) is 11.6 Å². The van der Waals surface area contributed by atoms with Crippen LogP contribution < -0.4 is 10.6 Å². The molecule has 1 aromatic heterocycles. The molecule has 0 atom stereocenters. The molecule has 0 aliphatic rings. The SMILES string of the molecule is Cc1nccc(N(Cc2ccccc2N)C(C)C)n1. The van der Waals surface area contributed by atoms with Crippen LogP contribution in [0, 0.1) is 6.92 Å². The Morgan fingerprint density at radius 1 is 1.21 bits per heavy atom. The Balaban J connectivity index is 2.29. The molecule has 0 fully saturated rings. The van der Waals surface area contributed by atoms with Crippen LogP contribution in [-0.4, -0.2) is 16.0 Å². The van der Waals surface area contributed by atoms with E-state index in [1.165, 1.54) is 0 Å². The summed E-state index contributed by atoms with van der Waals surface area (Å²) in [6.45, 7) is 6.95. The topological polar surface area (TPSA) is 55.0 Å².